The third-order valence-corrected chi connectivity index (χ3v) is 6.03. The number of thiophene rings is 1. The van der Waals surface area contributed by atoms with Crippen LogP contribution in [0.15, 0.2) is 41.8 Å². The van der Waals surface area contributed by atoms with Crippen molar-refractivity contribution in [1.82, 2.24) is 10.2 Å². The number of benzene rings is 1. The van der Waals surface area contributed by atoms with E-state index in [1.807, 2.05) is 0 Å². The number of carbonyl (C=O) groups excluding carboxylic acids is 1. The number of halogens is 1. The fourth-order valence-electron chi connectivity index (χ4n) is 3.17. The molecule has 0 aliphatic carbocycles. The summed E-state index contributed by atoms with van der Waals surface area (Å²) in [6.45, 7) is 5.10. The number of likely N-dealkylation sites (tertiary alicyclic amines) is 1. The zero-order valence-electron chi connectivity index (χ0n) is 15.0. The molecule has 1 aromatic carbocycles. The van der Waals surface area contributed by atoms with Crippen LogP contribution in [0.4, 0.5) is 0 Å². The molecule has 1 fully saturated rings. The first kappa shape index (κ1) is 19.2. The largest absolute Gasteiger partial charge is 0.484 e. The van der Waals surface area contributed by atoms with Gasteiger partial charge in [-0.25, -0.2) is 0 Å². The van der Waals surface area contributed by atoms with Crippen molar-refractivity contribution in [2.24, 2.45) is 5.92 Å². The van der Waals surface area contributed by atoms with E-state index in [1.165, 1.54) is 17.7 Å². The second kappa shape index (κ2) is 9.40. The number of hydrogen-bond donors (Lipinski definition) is 1. The standard InChI is InChI=1S/C20H25ClN2O2S/c1-15-8-10-23(11-9-15)18(19-3-2-12-26-19)13-22-20(24)14-25-17-6-4-16(21)5-7-17/h2-7,12,15,18H,8-11,13-14H2,1H3,(H,22,24)/t18-/m1/s1. The molecule has 0 unspecified atom stereocenters. The van der Waals surface area contributed by atoms with Crippen LogP contribution in [0.25, 0.3) is 0 Å². The fourth-order valence-corrected chi connectivity index (χ4v) is 4.16. The van der Waals surface area contributed by atoms with Gasteiger partial charge in [-0.15, -0.1) is 11.3 Å². The lowest BCUT2D eigenvalue weighted by Gasteiger charge is -2.36. The molecule has 26 heavy (non-hydrogen) atoms. The van der Waals surface area contributed by atoms with Gasteiger partial charge < -0.3 is 10.1 Å². The Labute approximate surface area is 164 Å². The van der Waals surface area contributed by atoms with Crippen molar-refractivity contribution in [3.8, 4) is 5.75 Å². The molecule has 4 nitrogen and oxygen atoms in total. The van der Waals surface area contributed by atoms with Gasteiger partial charge >= 0.3 is 0 Å². The Balaban J connectivity index is 1.52. The zero-order valence-corrected chi connectivity index (χ0v) is 16.6. The smallest absolute Gasteiger partial charge is 0.258 e. The van der Waals surface area contributed by atoms with Crippen molar-refractivity contribution in [2.45, 2.75) is 25.8 Å². The highest BCUT2D eigenvalue weighted by atomic mass is 35.5. The maximum Gasteiger partial charge on any atom is 0.258 e. The number of rotatable bonds is 7. The Morgan fingerprint density at radius 2 is 2.04 bits per heavy atom. The molecule has 3 rings (SSSR count). The number of nitrogens with one attached hydrogen (secondary N) is 1. The molecule has 1 saturated heterocycles. The van der Waals surface area contributed by atoms with E-state index in [-0.39, 0.29) is 18.6 Å². The monoisotopic (exact) mass is 392 g/mol. The van der Waals surface area contributed by atoms with Crippen LogP contribution in [0, 0.1) is 5.92 Å². The van der Waals surface area contributed by atoms with Gasteiger partial charge in [-0.1, -0.05) is 24.6 Å². The molecule has 1 atom stereocenters. The molecule has 1 aliphatic heterocycles. The summed E-state index contributed by atoms with van der Waals surface area (Å²) in [5.41, 5.74) is 0. The van der Waals surface area contributed by atoms with Gasteiger partial charge in [0.05, 0.1) is 6.04 Å². The first-order valence-corrected chi connectivity index (χ1v) is 10.3. The molecule has 0 bridgehead atoms. The first-order chi connectivity index (χ1) is 12.6. The van der Waals surface area contributed by atoms with E-state index in [4.69, 9.17) is 16.3 Å². The number of ether oxygens (including phenoxy) is 1. The maximum absolute atomic E-state index is 12.2. The molecule has 140 valence electrons. The maximum atomic E-state index is 12.2. The van der Waals surface area contributed by atoms with Gasteiger partial charge in [0.15, 0.2) is 6.61 Å². The summed E-state index contributed by atoms with van der Waals surface area (Å²) < 4.78 is 5.52. The van der Waals surface area contributed by atoms with E-state index in [0.717, 1.165) is 19.0 Å². The predicted octanol–water partition coefficient (Wildman–Crippen LogP) is 4.37. The molecule has 1 N–H and O–H groups in total. The number of nitrogens with zero attached hydrogens (tertiary/aromatic N) is 1. The second-order valence-electron chi connectivity index (χ2n) is 6.80. The van der Waals surface area contributed by atoms with E-state index >= 15 is 0 Å². The molecule has 0 spiro atoms. The van der Waals surface area contributed by atoms with Crippen LogP contribution in [0.5, 0.6) is 5.75 Å². The van der Waals surface area contributed by atoms with E-state index in [0.29, 0.717) is 17.3 Å². The molecule has 6 heteroatoms. The topological polar surface area (TPSA) is 41.6 Å². The first-order valence-electron chi connectivity index (χ1n) is 9.04. The number of piperidine rings is 1. The molecule has 2 aromatic rings. The van der Waals surface area contributed by atoms with Crippen molar-refractivity contribution < 1.29 is 9.53 Å². The van der Waals surface area contributed by atoms with Gasteiger partial charge in [-0.3, -0.25) is 9.69 Å². The van der Waals surface area contributed by atoms with Crippen LogP contribution >= 0.6 is 22.9 Å². The number of carbonyl (C=O) groups is 1. The van der Waals surface area contributed by atoms with Crippen LogP contribution in [0.2, 0.25) is 5.02 Å². The van der Waals surface area contributed by atoms with Crippen LogP contribution in [0.3, 0.4) is 0 Å². The quantitative estimate of drug-likeness (QED) is 0.760. The third-order valence-electron chi connectivity index (χ3n) is 4.81. The van der Waals surface area contributed by atoms with E-state index < -0.39 is 0 Å². The number of amides is 1. The van der Waals surface area contributed by atoms with Crippen LogP contribution in [-0.2, 0) is 4.79 Å². The van der Waals surface area contributed by atoms with Crippen LogP contribution < -0.4 is 10.1 Å². The summed E-state index contributed by atoms with van der Waals surface area (Å²) in [4.78, 5) is 16.0. The minimum absolute atomic E-state index is 0.00975. The summed E-state index contributed by atoms with van der Waals surface area (Å²) in [6.07, 6.45) is 2.44. The summed E-state index contributed by atoms with van der Waals surface area (Å²) in [5.74, 6) is 1.33. The fraction of sp³-hybridized carbons (Fsp3) is 0.450. The van der Waals surface area contributed by atoms with Gasteiger partial charge in [-0.05, 0) is 67.6 Å². The highest BCUT2D eigenvalue weighted by molar-refractivity contribution is 7.10. The van der Waals surface area contributed by atoms with Gasteiger partial charge in [0.2, 0.25) is 0 Å². The predicted molar refractivity (Wildman–Crippen MR) is 107 cm³/mol. The van der Waals surface area contributed by atoms with E-state index in [2.05, 4.69) is 34.7 Å². The summed E-state index contributed by atoms with van der Waals surface area (Å²) in [6, 6.07) is 11.5. The molecular weight excluding hydrogens is 368 g/mol. The minimum atomic E-state index is -0.105. The minimum Gasteiger partial charge on any atom is -0.484 e. The van der Waals surface area contributed by atoms with E-state index in [1.54, 1.807) is 35.6 Å². The SMILES string of the molecule is CC1CCN([C@H](CNC(=O)COc2ccc(Cl)cc2)c2cccs2)CC1. The molecule has 0 saturated carbocycles. The van der Waals surface area contributed by atoms with E-state index in [9.17, 15) is 4.79 Å². The van der Waals surface area contributed by atoms with Crippen molar-refractivity contribution in [1.29, 1.82) is 0 Å². The zero-order chi connectivity index (χ0) is 18.4. The average Bonchev–Trinajstić information content (AvgIpc) is 3.17. The lowest BCUT2D eigenvalue weighted by molar-refractivity contribution is -0.123. The summed E-state index contributed by atoms with van der Waals surface area (Å²) >= 11 is 7.60. The van der Waals surface area contributed by atoms with Gasteiger partial charge in [0, 0.05) is 16.4 Å². The Morgan fingerprint density at radius 3 is 2.69 bits per heavy atom. The molecular formula is C20H25ClN2O2S. The van der Waals surface area contributed by atoms with Crippen molar-refractivity contribution in [3.63, 3.8) is 0 Å². The van der Waals surface area contributed by atoms with Crippen molar-refractivity contribution in [3.05, 3.63) is 51.7 Å². The summed E-state index contributed by atoms with van der Waals surface area (Å²) in [7, 11) is 0. The highest BCUT2D eigenvalue weighted by Gasteiger charge is 2.25. The molecule has 2 heterocycles. The lowest BCUT2D eigenvalue weighted by Crippen LogP contribution is -2.42. The molecule has 1 aliphatic rings. The van der Waals surface area contributed by atoms with Crippen molar-refractivity contribution in [2.75, 3.05) is 26.2 Å². The Bertz CT molecular complexity index is 682. The second-order valence-corrected chi connectivity index (χ2v) is 8.21. The average molecular weight is 393 g/mol. The normalized spacial score (nSPS) is 17.0. The summed E-state index contributed by atoms with van der Waals surface area (Å²) in [5, 5.41) is 5.78. The third kappa shape index (κ3) is 5.47. The van der Waals surface area contributed by atoms with Gasteiger partial charge in [0.1, 0.15) is 5.75 Å². The van der Waals surface area contributed by atoms with Crippen LogP contribution in [0.1, 0.15) is 30.7 Å². The Kier molecular flexibility index (Phi) is 6.94. The molecule has 0 radical (unpaired) electrons. The lowest BCUT2D eigenvalue weighted by atomic mass is 9.97. The molecule has 1 aromatic heterocycles. The molecule has 1 amide bonds. The Morgan fingerprint density at radius 1 is 1.31 bits per heavy atom. The van der Waals surface area contributed by atoms with Gasteiger partial charge in [0.25, 0.3) is 5.91 Å². The van der Waals surface area contributed by atoms with Crippen LogP contribution in [-0.4, -0.2) is 37.0 Å². The van der Waals surface area contributed by atoms with Crippen molar-refractivity contribution >= 4 is 28.8 Å². The Hall–Kier alpha value is -1.56. The van der Waals surface area contributed by atoms with Gasteiger partial charge in [-0.2, -0.15) is 0 Å². The number of hydrogen-bond acceptors (Lipinski definition) is 4. The highest BCUT2D eigenvalue weighted by Crippen LogP contribution is 2.29.